The zero-order chi connectivity index (χ0) is 17.5. The number of anilines is 2. The highest BCUT2D eigenvalue weighted by Gasteiger charge is 2.17. The number of nitrogen functional groups attached to an aromatic ring is 1. The first-order valence-corrected chi connectivity index (χ1v) is 8.09. The second kappa shape index (κ2) is 8.15. The molecule has 4 N–H and O–H groups in total. The summed E-state index contributed by atoms with van der Waals surface area (Å²) in [7, 11) is 0. The molecule has 0 aliphatic heterocycles. The lowest BCUT2D eigenvalue weighted by atomic mass is 9.95. The molecule has 0 saturated carbocycles. The first kappa shape index (κ1) is 17.5. The fourth-order valence-corrected chi connectivity index (χ4v) is 2.55. The van der Waals surface area contributed by atoms with Crippen LogP contribution in [0.1, 0.15) is 42.1 Å². The lowest BCUT2D eigenvalue weighted by molar-refractivity contribution is -0.122. The van der Waals surface area contributed by atoms with Gasteiger partial charge in [-0.1, -0.05) is 25.1 Å². The second-order valence-electron chi connectivity index (χ2n) is 5.56. The molecule has 5 heteroatoms. The number of hydrogen-bond acceptors (Lipinski definition) is 3. The molecule has 1 unspecified atom stereocenters. The predicted molar refractivity (Wildman–Crippen MR) is 97.0 cm³/mol. The van der Waals surface area contributed by atoms with E-state index in [1.807, 2.05) is 26.0 Å². The summed E-state index contributed by atoms with van der Waals surface area (Å²) in [5.74, 6) is -0.369. The maximum absolute atomic E-state index is 12.2. The van der Waals surface area contributed by atoms with Gasteiger partial charge in [-0.05, 0) is 49.2 Å². The number of nitrogens with two attached hydrogens (primary N) is 1. The number of carbonyl (C=O) groups is 2. The summed E-state index contributed by atoms with van der Waals surface area (Å²) in [6.45, 7) is 4.50. The number of benzene rings is 2. The lowest BCUT2D eigenvalue weighted by Gasteiger charge is -2.15. The van der Waals surface area contributed by atoms with Crippen LogP contribution < -0.4 is 16.4 Å². The van der Waals surface area contributed by atoms with Crippen LogP contribution in [-0.2, 0) is 4.79 Å². The number of carbonyl (C=O) groups excluding carboxylic acids is 2. The molecule has 0 aliphatic carbocycles. The molecule has 0 fully saturated rings. The molecule has 0 aliphatic rings. The van der Waals surface area contributed by atoms with Gasteiger partial charge in [0.15, 0.2) is 0 Å². The van der Waals surface area contributed by atoms with E-state index in [4.69, 9.17) is 5.73 Å². The minimum absolute atomic E-state index is 0.0246. The summed E-state index contributed by atoms with van der Waals surface area (Å²) < 4.78 is 0. The smallest absolute Gasteiger partial charge is 0.255 e. The van der Waals surface area contributed by atoms with Crippen LogP contribution >= 0.6 is 0 Å². The molecule has 126 valence electrons. The molecule has 0 spiro atoms. The van der Waals surface area contributed by atoms with Crippen molar-refractivity contribution in [3.63, 3.8) is 0 Å². The van der Waals surface area contributed by atoms with Crippen molar-refractivity contribution in [1.82, 2.24) is 5.32 Å². The Bertz CT molecular complexity index is 711. The van der Waals surface area contributed by atoms with E-state index >= 15 is 0 Å². The van der Waals surface area contributed by atoms with Crippen molar-refractivity contribution in [2.45, 2.75) is 26.2 Å². The largest absolute Gasteiger partial charge is 0.399 e. The third-order valence-electron chi connectivity index (χ3n) is 3.80. The number of rotatable bonds is 6. The average Bonchev–Trinajstić information content (AvgIpc) is 2.57. The Kier molecular flexibility index (Phi) is 5.95. The molecule has 0 bridgehead atoms. The Morgan fingerprint density at radius 2 is 1.79 bits per heavy atom. The van der Waals surface area contributed by atoms with E-state index in [2.05, 4.69) is 10.6 Å². The second-order valence-corrected chi connectivity index (χ2v) is 5.56. The third-order valence-corrected chi connectivity index (χ3v) is 3.80. The van der Waals surface area contributed by atoms with E-state index in [0.29, 0.717) is 23.5 Å². The van der Waals surface area contributed by atoms with Gasteiger partial charge in [-0.15, -0.1) is 0 Å². The van der Waals surface area contributed by atoms with E-state index in [9.17, 15) is 9.59 Å². The van der Waals surface area contributed by atoms with Gasteiger partial charge in [0.05, 0.1) is 5.92 Å². The van der Waals surface area contributed by atoms with E-state index < -0.39 is 0 Å². The van der Waals surface area contributed by atoms with Gasteiger partial charge in [0.1, 0.15) is 0 Å². The fraction of sp³-hybridized carbons (Fsp3) is 0.263. The molecule has 24 heavy (non-hydrogen) atoms. The molecule has 2 rings (SSSR count). The van der Waals surface area contributed by atoms with Crippen molar-refractivity contribution in [3.8, 4) is 0 Å². The lowest BCUT2D eigenvalue weighted by Crippen LogP contribution is -2.28. The molecule has 0 saturated heterocycles. The van der Waals surface area contributed by atoms with Gasteiger partial charge >= 0.3 is 0 Å². The fourth-order valence-electron chi connectivity index (χ4n) is 2.55. The van der Waals surface area contributed by atoms with Crippen molar-refractivity contribution in [2.75, 3.05) is 17.6 Å². The molecule has 0 aromatic heterocycles. The zero-order valence-electron chi connectivity index (χ0n) is 14.0. The van der Waals surface area contributed by atoms with E-state index in [1.165, 1.54) is 0 Å². The molecule has 2 aromatic carbocycles. The van der Waals surface area contributed by atoms with E-state index in [0.717, 1.165) is 12.0 Å². The summed E-state index contributed by atoms with van der Waals surface area (Å²) in [6, 6.07) is 14.2. The summed E-state index contributed by atoms with van der Waals surface area (Å²) in [5.41, 5.74) is 8.36. The van der Waals surface area contributed by atoms with Gasteiger partial charge in [0, 0.05) is 23.5 Å². The van der Waals surface area contributed by atoms with Gasteiger partial charge in [-0.25, -0.2) is 0 Å². The van der Waals surface area contributed by atoms with Crippen molar-refractivity contribution >= 4 is 23.2 Å². The number of likely N-dealkylation sites (N-methyl/N-ethyl adjacent to an activating group) is 1. The Labute approximate surface area is 142 Å². The van der Waals surface area contributed by atoms with Gasteiger partial charge in [-0.2, -0.15) is 0 Å². The molecule has 2 amide bonds. The van der Waals surface area contributed by atoms with E-state index in [1.54, 1.807) is 36.4 Å². The van der Waals surface area contributed by atoms with Crippen LogP contribution in [-0.4, -0.2) is 18.4 Å². The first-order chi connectivity index (χ1) is 11.5. The molecule has 1 atom stereocenters. The van der Waals surface area contributed by atoms with Crippen LogP contribution in [0.4, 0.5) is 11.4 Å². The Morgan fingerprint density at radius 1 is 1.08 bits per heavy atom. The van der Waals surface area contributed by atoms with Crippen molar-refractivity contribution in [2.24, 2.45) is 0 Å². The van der Waals surface area contributed by atoms with Crippen LogP contribution in [0, 0.1) is 0 Å². The number of hydrogen-bond donors (Lipinski definition) is 3. The van der Waals surface area contributed by atoms with Crippen LogP contribution in [0.25, 0.3) is 0 Å². The highest BCUT2D eigenvalue weighted by molar-refractivity contribution is 6.04. The maximum atomic E-state index is 12.2. The SMILES string of the molecule is CCNC(=O)C(CC)c1ccc(NC(=O)c2cccc(N)c2)cc1. The predicted octanol–water partition coefficient (Wildman–Crippen LogP) is 3.15. The molecule has 0 heterocycles. The minimum Gasteiger partial charge on any atom is -0.399 e. The Balaban J connectivity index is 2.08. The monoisotopic (exact) mass is 325 g/mol. The molecular formula is C19H23N3O2. The van der Waals surface area contributed by atoms with Gasteiger partial charge in [0.25, 0.3) is 5.91 Å². The highest BCUT2D eigenvalue weighted by Crippen LogP contribution is 2.22. The topological polar surface area (TPSA) is 84.2 Å². The van der Waals surface area contributed by atoms with Crippen molar-refractivity contribution in [3.05, 3.63) is 59.7 Å². The normalized spacial score (nSPS) is 11.6. The van der Waals surface area contributed by atoms with Gasteiger partial charge in [-0.3, -0.25) is 9.59 Å². The summed E-state index contributed by atoms with van der Waals surface area (Å²) in [6.07, 6.45) is 0.723. The minimum atomic E-state index is -0.217. The van der Waals surface area contributed by atoms with Crippen LogP contribution in [0.5, 0.6) is 0 Å². The van der Waals surface area contributed by atoms with Gasteiger partial charge in [0.2, 0.25) is 5.91 Å². The molecular weight excluding hydrogens is 302 g/mol. The van der Waals surface area contributed by atoms with Crippen molar-refractivity contribution in [1.29, 1.82) is 0 Å². The standard InChI is InChI=1S/C19H23N3O2/c1-3-17(19(24)21-4-2)13-8-10-16(11-9-13)22-18(23)14-6-5-7-15(20)12-14/h5-12,17H,3-4,20H2,1-2H3,(H,21,24)(H,22,23). The summed E-state index contributed by atoms with van der Waals surface area (Å²) in [5, 5.41) is 5.68. The molecule has 5 nitrogen and oxygen atoms in total. The van der Waals surface area contributed by atoms with E-state index in [-0.39, 0.29) is 17.7 Å². The van der Waals surface area contributed by atoms with Crippen LogP contribution in [0.3, 0.4) is 0 Å². The first-order valence-electron chi connectivity index (χ1n) is 8.09. The summed E-state index contributed by atoms with van der Waals surface area (Å²) >= 11 is 0. The third kappa shape index (κ3) is 4.35. The highest BCUT2D eigenvalue weighted by atomic mass is 16.2. The number of nitrogens with one attached hydrogen (secondary N) is 2. The quantitative estimate of drug-likeness (QED) is 0.713. The van der Waals surface area contributed by atoms with Crippen molar-refractivity contribution < 1.29 is 9.59 Å². The maximum Gasteiger partial charge on any atom is 0.255 e. The Hall–Kier alpha value is -2.82. The van der Waals surface area contributed by atoms with Crippen LogP contribution in [0.15, 0.2) is 48.5 Å². The van der Waals surface area contributed by atoms with Gasteiger partial charge < -0.3 is 16.4 Å². The Morgan fingerprint density at radius 3 is 2.38 bits per heavy atom. The molecule has 2 aromatic rings. The average molecular weight is 325 g/mol. The zero-order valence-corrected chi connectivity index (χ0v) is 14.0. The molecule has 0 radical (unpaired) electrons. The number of amides is 2. The van der Waals surface area contributed by atoms with Crippen LogP contribution in [0.2, 0.25) is 0 Å². The summed E-state index contributed by atoms with van der Waals surface area (Å²) in [4.78, 5) is 24.3.